The van der Waals surface area contributed by atoms with Gasteiger partial charge in [-0.1, -0.05) is 55.5 Å². The number of hydrogen-bond acceptors (Lipinski definition) is 4. The number of aliphatic hydroxyl groups excluding tert-OH is 1. The van der Waals surface area contributed by atoms with Crippen LogP contribution < -0.4 is 0 Å². The Hall–Kier alpha value is -2.01. The molecule has 0 rings (SSSR count). The van der Waals surface area contributed by atoms with E-state index in [1.807, 2.05) is 31.2 Å². The molecule has 0 amide bonds. The van der Waals surface area contributed by atoms with Crippen LogP contribution in [0.25, 0.3) is 0 Å². The highest BCUT2D eigenvalue weighted by Crippen LogP contribution is 2.10. The fraction of sp³-hybridized carbons (Fsp3) is 0.550. The first-order valence-corrected chi connectivity index (χ1v) is 8.98. The van der Waals surface area contributed by atoms with Gasteiger partial charge in [-0.05, 0) is 38.5 Å². The minimum Gasteiger partial charge on any atom is -0.386 e. The molecule has 0 heterocycles. The maximum Gasteiger partial charge on any atom is 0.242 e. The van der Waals surface area contributed by atoms with Crippen LogP contribution in [0.3, 0.4) is 0 Å². The zero-order chi connectivity index (χ0) is 18.8. The summed E-state index contributed by atoms with van der Waals surface area (Å²) in [6.07, 6.45) is 20.9. The minimum absolute atomic E-state index is 0.259. The second kappa shape index (κ2) is 16.8. The van der Waals surface area contributed by atoms with Crippen molar-refractivity contribution in [3.05, 3.63) is 58.7 Å². The van der Waals surface area contributed by atoms with Crippen molar-refractivity contribution in [1.29, 1.82) is 0 Å². The van der Waals surface area contributed by atoms with Gasteiger partial charge < -0.3 is 9.90 Å². The number of nitrogens with zero attached hydrogens (tertiary/aromatic N) is 1. The molecule has 0 spiro atoms. The smallest absolute Gasteiger partial charge is 0.242 e. The first kappa shape index (κ1) is 23.0. The molecule has 2 unspecified atom stereocenters. The fourth-order valence-corrected chi connectivity index (χ4v) is 2.16. The van der Waals surface area contributed by atoms with Gasteiger partial charge in [0.1, 0.15) is 12.4 Å². The lowest BCUT2D eigenvalue weighted by Gasteiger charge is -2.12. The summed E-state index contributed by atoms with van der Waals surface area (Å²) in [4.78, 5) is 20.7. The molecule has 0 aromatic heterocycles. The van der Waals surface area contributed by atoms with Crippen LogP contribution >= 0.6 is 0 Å². The molecule has 0 aliphatic rings. The molecule has 0 aliphatic heterocycles. The highest BCUT2D eigenvalue weighted by Gasteiger charge is 2.27. The molecule has 5 heteroatoms. The third-order valence-corrected chi connectivity index (χ3v) is 3.61. The summed E-state index contributed by atoms with van der Waals surface area (Å²) in [5, 5.41) is 21.0. The predicted molar refractivity (Wildman–Crippen MR) is 102 cm³/mol. The minimum atomic E-state index is -0.967. The third-order valence-electron chi connectivity index (χ3n) is 3.61. The van der Waals surface area contributed by atoms with Gasteiger partial charge in [-0.25, -0.2) is 0 Å². The standard InChI is InChI=1S/C20H31NO4/c1-2-3-13-16-19(21(24)25)20(23)17-14-11-9-7-5-4-6-8-10-12-15-18-22/h3,5-8,11,13-14,18-20,23H,2,4,9-10,12,15-17H2,1H3/b7-5-,8-6-,13-3-,14-11-. The zero-order valence-corrected chi connectivity index (χ0v) is 15.1. The quantitative estimate of drug-likeness (QED) is 0.154. The van der Waals surface area contributed by atoms with E-state index in [-0.39, 0.29) is 12.8 Å². The molecule has 1 N–H and O–H groups in total. The topological polar surface area (TPSA) is 80.4 Å². The Morgan fingerprint density at radius 3 is 2.12 bits per heavy atom. The summed E-state index contributed by atoms with van der Waals surface area (Å²) in [6.45, 7) is 1.97. The maximum absolute atomic E-state index is 11.0. The summed E-state index contributed by atoms with van der Waals surface area (Å²) in [7, 11) is 0. The third kappa shape index (κ3) is 14.1. The Labute approximate surface area is 151 Å². The number of carbonyl (C=O) groups is 1. The molecule has 0 fully saturated rings. The Kier molecular flexibility index (Phi) is 15.5. The SMILES string of the molecule is CC/C=C\CC(C(O)C/C=C\C/C=C\C/C=C\CCCC=O)[N+](=O)[O-]. The molecule has 0 radical (unpaired) electrons. The van der Waals surface area contributed by atoms with Crippen molar-refractivity contribution in [3.63, 3.8) is 0 Å². The van der Waals surface area contributed by atoms with Gasteiger partial charge in [0.25, 0.3) is 0 Å². The van der Waals surface area contributed by atoms with Crippen LogP contribution in [-0.4, -0.2) is 28.5 Å². The van der Waals surface area contributed by atoms with Crippen molar-refractivity contribution < 1.29 is 14.8 Å². The number of aldehydes is 1. The van der Waals surface area contributed by atoms with Crippen molar-refractivity contribution in [2.75, 3.05) is 0 Å². The lowest BCUT2D eigenvalue weighted by molar-refractivity contribution is -0.533. The van der Waals surface area contributed by atoms with E-state index < -0.39 is 17.1 Å². The van der Waals surface area contributed by atoms with Gasteiger partial charge in [0, 0.05) is 17.8 Å². The number of unbranched alkanes of at least 4 members (excludes halogenated alkanes) is 2. The van der Waals surface area contributed by atoms with Crippen LogP contribution in [0.1, 0.15) is 58.3 Å². The van der Waals surface area contributed by atoms with Gasteiger partial charge in [-0.2, -0.15) is 0 Å². The molecule has 0 aromatic carbocycles. The monoisotopic (exact) mass is 349 g/mol. The number of carbonyl (C=O) groups excluding carboxylic acids is 1. The normalized spacial score (nSPS) is 14.8. The molecular weight excluding hydrogens is 318 g/mol. The molecule has 2 atom stereocenters. The molecular formula is C20H31NO4. The molecule has 25 heavy (non-hydrogen) atoms. The van der Waals surface area contributed by atoms with E-state index in [0.717, 1.165) is 38.4 Å². The number of aliphatic hydroxyl groups is 1. The lowest BCUT2D eigenvalue weighted by atomic mass is 10.0. The van der Waals surface area contributed by atoms with Crippen LogP contribution in [0.2, 0.25) is 0 Å². The molecule has 5 nitrogen and oxygen atoms in total. The van der Waals surface area contributed by atoms with Gasteiger partial charge >= 0.3 is 0 Å². The van der Waals surface area contributed by atoms with E-state index >= 15 is 0 Å². The molecule has 140 valence electrons. The summed E-state index contributed by atoms with van der Waals surface area (Å²) in [6, 6.07) is -0.952. The Morgan fingerprint density at radius 2 is 1.52 bits per heavy atom. The van der Waals surface area contributed by atoms with Gasteiger partial charge in [-0.3, -0.25) is 10.1 Å². The van der Waals surface area contributed by atoms with Crippen molar-refractivity contribution >= 4 is 6.29 Å². The van der Waals surface area contributed by atoms with E-state index in [9.17, 15) is 20.0 Å². The highest BCUT2D eigenvalue weighted by atomic mass is 16.6. The molecule has 0 saturated carbocycles. The van der Waals surface area contributed by atoms with Crippen molar-refractivity contribution in [2.45, 2.75) is 70.4 Å². The van der Waals surface area contributed by atoms with Crippen LogP contribution in [-0.2, 0) is 4.79 Å². The van der Waals surface area contributed by atoms with Crippen molar-refractivity contribution in [3.8, 4) is 0 Å². The van der Waals surface area contributed by atoms with Gasteiger partial charge in [0.2, 0.25) is 6.04 Å². The second-order valence-corrected chi connectivity index (χ2v) is 5.75. The highest BCUT2D eigenvalue weighted by molar-refractivity contribution is 5.49. The second-order valence-electron chi connectivity index (χ2n) is 5.75. The zero-order valence-electron chi connectivity index (χ0n) is 15.1. The summed E-state index contributed by atoms with van der Waals surface area (Å²) < 4.78 is 0. The predicted octanol–water partition coefficient (Wildman–Crippen LogP) is 4.56. The number of hydrogen-bond donors (Lipinski definition) is 1. The van der Waals surface area contributed by atoms with Crippen molar-refractivity contribution in [1.82, 2.24) is 0 Å². The Bertz CT molecular complexity index is 466. The first-order valence-electron chi connectivity index (χ1n) is 8.98. The van der Waals surface area contributed by atoms with Gasteiger partial charge in [0.15, 0.2) is 0 Å². The Balaban J connectivity index is 3.97. The summed E-state index contributed by atoms with van der Waals surface area (Å²) in [5.41, 5.74) is 0. The Morgan fingerprint density at radius 1 is 0.920 bits per heavy atom. The molecule has 0 aliphatic carbocycles. The largest absolute Gasteiger partial charge is 0.386 e. The summed E-state index contributed by atoms with van der Waals surface area (Å²) >= 11 is 0. The molecule has 0 aromatic rings. The van der Waals surface area contributed by atoms with E-state index in [4.69, 9.17) is 0 Å². The molecule has 0 bridgehead atoms. The average Bonchev–Trinajstić information content (AvgIpc) is 2.59. The number of allylic oxidation sites excluding steroid dienone is 6. The fourth-order valence-electron chi connectivity index (χ4n) is 2.16. The van der Waals surface area contributed by atoms with E-state index in [1.165, 1.54) is 0 Å². The molecule has 0 saturated heterocycles. The maximum atomic E-state index is 11.0. The summed E-state index contributed by atoms with van der Waals surface area (Å²) in [5.74, 6) is 0. The van der Waals surface area contributed by atoms with Crippen molar-refractivity contribution in [2.24, 2.45) is 0 Å². The van der Waals surface area contributed by atoms with Crippen LogP contribution in [0.4, 0.5) is 0 Å². The number of nitro groups is 1. The van der Waals surface area contributed by atoms with Crippen LogP contribution in [0, 0.1) is 10.1 Å². The van der Waals surface area contributed by atoms with E-state index in [0.29, 0.717) is 6.42 Å². The average molecular weight is 349 g/mol. The van der Waals surface area contributed by atoms with Crippen LogP contribution in [0.15, 0.2) is 48.6 Å². The van der Waals surface area contributed by atoms with E-state index in [1.54, 1.807) is 12.2 Å². The van der Waals surface area contributed by atoms with E-state index in [2.05, 4.69) is 12.2 Å². The number of rotatable bonds is 15. The lowest BCUT2D eigenvalue weighted by Crippen LogP contribution is -2.32. The van der Waals surface area contributed by atoms with Crippen LogP contribution in [0.5, 0.6) is 0 Å². The first-order chi connectivity index (χ1) is 12.1. The van der Waals surface area contributed by atoms with Gasteiger partial charge in [0.05, 0.1) is 0 Å². The van der Waals surface area contributed by atoms with Gasteiger partial charge in [-0.15, -0.1) is 0 Å².